The van der Waals surface area contributed by atoms with E-state index >= 15 is 0 Å². The molecule has 3 rings (SSSR count). The fraction of sp³-hybridized carbons (Fsp3) is 0.150. The van der Waals surface area contributed by atoms with Crippen LogP contribution in [0.5, 0.6) is 5.75 Å². The number of aliphatic hydroxyl groups is 1. The van der Waals surface area contributed by atoms with Crippen LogP contribution in [0.4, 0.5) is 5.69 Å². The number of aliphatic carboxylic acids is 1. The Kier molecular flexibility index (Phi) is 4.94. The summed E-state index contributed by atoms with van der Waals surface area (Å²) in [4.78, 5) is 36.7. The molecule has 1 amide bonds. The predicted molar refractivity (Wildman–Crippen MR) is 96.6 cm³/mol. The third kappa shape index (κ3) is 3.52. The Hall–Kier alpha value is -3.61. The summed E-state index contributed by atoms with van der Waals surface area (Å²) in [6.07, 6.45) is 0. The van der Waals surface area contributed by atoms with Crippen LogP contribution >= 0.6 is 0 Å². The number of anilines is 1. The van der Waals surface area contributed by atoms with Gasteiger partial charge in [0.05, 0.1) is 11.6 Å². The summed E-state index contributed by atoms with van der Waals surface area (Å²) < 4.78 is 5.09. The molecule has 2 N–H and O–H groups in total. The van der Waals surface area contributed by atoms with Crippen LogP contribution in [0, 0.1) is 0 Å². The van der Waals surface area contributed by atoms with E-state index in [-0.39, 0.29) is 5.57 Å². The summed E-state index contributed by atoms with van der Waals surface area (Å²) in [6, 6.07) is 14.4. The van der Waals surface area contributed by atoms with Gasteiger partial charge in [-0.05, 0) is 36.8 Å². The summed E-state index contributed by atoms with van der Waals surface area (Å²) in [5, 5.41) is 18.9. The van der Waals surface area contributed by atoms with E-state index < -0.39 is 36.1 Å². The Bertz CT molecular complexity index is 917. The van der Waals surface area contributed by atoms with E-state index in [1.54, 1.807) is 36.4 Å². The SMILES string of the molecule is CC(=O)C1=C(O)C(=O)N(c2ccc(OCC(=O)O)cc2)[C@@H]1c1ccccc1. The van der Waals surface area contributed by atoms with Crippen molar-refractivity contribution in [2.75, 3.05) is 11.5 Å². The highest BCUT2D eigenvalue weighted by Gasteiger charge is 2.43. The Morgan fingerprint density at radius 3 is 2.26 bits per heavy atom. The first-order chi connectivity index (χ1) is 12.9. The summed E-state index contributed by atoms with van der Waals surface area (Å²) in [5.41, 5.74) is 1.17. The van der Waals surface area contributed by atoms with E-state index in [4.69, 9.17) is 9.84 Å². The van der Waals surface area contributed by atoms with Crippen molar-refractivity contribution in [2.45, 2.75) is 13.0 Å². The molecule has 1 aliphatic rings. The van der Waals surface area contributed by atoms with Crippen LogP contribution < -0.4 is 9.64 Å². The van der Waals surface area contributed by atoms with Gasteiger partial charge in [0, 0.05) is 5.69 Å². The number of hydrogen-bond donors (Lipinski definition) is 2. The number of ketones is 1. The van der Waals surface area contributed by atoms with Crippen molar-refractivity contribution in [1.82, 2.24) is 0 Å². The minimum absolute atomic E-state index is 0.0393. The highest BCUT2D eigenvalue weighted by molar-refractivity contribution is 6.16. The van der Waals surface area contributed by atoms with Gasteiger partial charge >= 0.3 is 5.97 Å². The second-order valence-corrected chi connectivity index (χ2v) is 5.98. The van der Waals surface area contributed by atoms with Gasteiger partial charge in [0.1, 0.15) is 5.75 Å². The lowest BCUT2D eigenvalue weighted by molar-refractivity contribution is -0.139. The number of carbonyl (C=O) groups is 3. The molecule has 7 heteroatoms. The molecule has 1 heterocycles. The highest BCUT2D eigenvalue weighted by atomic mass is 16.5. The maximum Gasteiger partial charge on any atom is 0.341 e. The minimum atomic E-state index is -1.10. The third-order valence-corrected chi connectivity index (χ3v) is 4.18. The summed E-state index contributed by atoms with van der Waals surface area (Å²) in [6.45, 7) is 0.826. The number of carboxylic acid groups (broad SMARTS) is 1. The lowest BCUT2D eigenvalue weighted by Gasteiger charge is -2.26. The van der Waals surface area contributed by atoms with E-state index in [9.17, 15) is 19.5 Å². The molecule has 1 aliphatic heterocycles. The van der Waals surface area contributed by atoms with Crippen LogP contribution in [-0.2, 0) is 14.4 Å². The third-order valence-electron chi connectivity index (χ3n) is 4.18. The smallest absolute Gasteiger partial charge is 0.341 e. The van der Waals surface area contributed by atoms with Crippen molar-refractivity contribution < 1.29 is 29.3 Å². The molecule has 0 radical (unpaired) electrons. The molecule has 0 saturated carbocycles. The number of amides is 1. The number of aliphatic hydroxyl groups excluding tert-OH is 1. The molecule has 0 saturated heterocycles. The Morgan fingerprint density at radius 1 is 1.07 bits per heavy atom. The summed E-state index contributed by atoms with van der Waals surface area (Å²) in [7, 11) is 0. The first-order valence-electron chi connectivity index (χ1n) is 8.17. The largest absolute Gasteiger partial charge is 0.503 e. The van der Waals surface area contributed by atoms with Crippen molar-refractivity contribution in [3.8, 4) is 5.75 Å². The first kappa shape index (κ1) is 18.2. The number of benzene rings is 2. The van der Waals surface area contributed by atoms with Gasteiger partial charge in [-0.25, -0.2) is 4.79 Å². The van der Waals surface area contributed by atoms with Crippen molar-refractivity contribution in [1.29, 1.82) is 0 Å². The van der Waals surface area contributed by atoms with Crippen LogP contribution in [0.25, 0.3) is 0 Å². The maximum absolute atomic E-state index is 12.7. The van der Waals surface area contributed by atoms with E-state index in [0.29, 0.717) is 17.0 Å². The standard InChI is InChI=1S/C20H17NO6/c1-12(22)17-18(13-5-3-2-4-6-13)21(20(26)19(17)25)14-7-9-15(10-8-14)27-11-16(23)24/h2-10,18,25H,11H2,1H3,(H,23,24)/t18-/m1/s1. The Labute approximate surface area is 155 Å². The lowest BCUT2D eigenvalue weighted by atomic mass is 9.96. The molecule has 2 aromatic carbocycles. The van der Waals surface area contributed by atoms with E-state index in [2.05, 4.69) is 0 Å². The fourth-order valence-electron chi connectivity index (χ4n) is 3.03. The average molecular weight is 367 g/mol. The second-order valence-electron chi connectivity index (χ2n) is 5.98. The molecule has 0 aromatic heterocycles. The monoisotopic (exact) mass is 367 g/mol. The van der Waals surface area contributed by atoms with E-state index in [1.165, 1.54) is 24.0 Å². The van der Waals surface area contributed by atoms with Crippen LogP contribution in [0.15, 0.2) is 65.9 Å². The molecule has 1 atom stereocenters. The zero-order valence-electron chi connectivity index (χ0n) is 14.5. The van der Waals surface area contributed by atoms with Crippen molar-refractivity contribution >= 4 is 23.3 Å². The quantitative estimate of drug-likeness (QED) is 0.813. The van der Waals surface area contributed by atoms with Crippen LogP contribution in [0.2, 0.25) is 0 Å². The Morgan fingerprint density at radius 2 is 1.70 bits per heavy atom. The zero-order chi connectivity index (χ0) is 19.6. The number of carboxylic acids is 1. The van der Waals surface area contributed by atoms with Gasteiger partial charge in [-0.3, -0.25) is 14.5 Å². The fourth-order valence-corrected chi connectivity index (χ4v) is 3.03. The second kappa shape index (κ2) is 7.33. The number of Topliss-reactive ketones (excluding diaryl/α,β-unsaturated/α-hetero) is 1. The first-order valence-corrected chi connectivity index (χ1v) is 8.17. The maximum atomic E-state index is 12.7. The normalized spacial score (nSPS) is 16.6. The van der Waals surface area contributed by atoms with Gasteiger partial charge in [-0.1, -0.05) is 30.3 Å². The molecule has 138 valence electrons. The molecule has 0 fully saturated rings. The van der Waals surface area contributed by atoms with Gasteiger partial charge in [0.2, 0.25) is 0 Å². The van der Waals surface area contributed by atoms with E-state index in [0.717, 1.165) is 0 Å². The van der Waals surface area contributed by atoms with E-state index in [1.807, 2.05) is 6.07 Å². The van der Waals surface area contributed by atoms with Crippen LogP contribution in [0.3, 0.4) is 0 Å². The molecule has 0 aliphatic carbocycles. The molecule has 0 spiro atoms. The van der Waals surface area contributed by atoms with Gasteiger partial charge < -0.3 is 14.9 Å². The van der Waals surface area contributed by atoms with Crippen molar-refractivity contribution in [3.63, 3.8) is 0 Å². The van der Waals surface area contributed by atoms with Crippen LogP contribution in [-0.4, -0.2) is 34.5 Å². The molecule has 7 nitrogen and oxygen atoms in total. The number of carbonyl (C=O) groups excluding carboxylic acids is 2. The van der Waals surface area contributed by atoms with Gasteiger partial charge in [-0.2, -0.15) is 0 Å². The molecular weight excluding hydrogens is 350 g/mol. The molecule has 0 bridgehead atoms. The van der Waals surface area contributed by atoms with Gasteiger partial charge in [0.15, 0.2) is 18.1 Å². The van der Waals surface area contributed by atoms with Crippen LogP contribution in [0.1, 0.15) is 18.5 Å². The molecule has 27 heavy (non-hydrogen) atoms. The number of hydrogen-bond acceptors (Lipinski definition) is 5. The number of ether oxygens (including phenoxy) is 1. The Balaban J connectivity index is 1.99. The zero-order valence-corrected chi connectivity index (χ0v) is 14.5. The topological polar surface area (TPSA) is 104 Å². The van der Waals surface area contributed by atoms with Crippen molar-refractivity contribution in [2.24, 2.45) is 0 Å². The van der Waals surface area contributed by atoms with Gasteiger partial charge in [-0.15, -0.1) is 0 Å². The number of rotatable bonds is 6. The molecule has 2 aromatic rings. The molecular formula is C20H17NO6. The summed E-state index contributed by atoms with van der Waals surface area (Å²) in [5.74, 6) is -2.40. The summed E-state index contributed by atoms with van der Waals surface area (Å²) >= 11 is 0. The lowest BCUT2D eigenvalue weighted by Crippen LogP contribution is -2.30. The molecule has 0 unspecified atom stereocenters. The van der Waals surface area contributed by atoms with Crippen molar-refractivity contribution in [3.05, 3.63) is 71.5 Å². The highest BCUT2D eigenvalue weighted by Crippen LogP contribution is 2.41. The number of nitrogens with zero attached hydrogens (tertiary/aromatic N) is 1. The minimum Gasteiger partial charge on any atom is -0.503 e. The van der Waals surface area contributed by atoms with Gasteiger partial charge in [0.25, 0.3) is 5.91 Å². The average Bonchev–Trinajstić information content (AvgIpc) is 2.92. The predicted octanol–water partition coefficient (Wildman–Crippen LogP) is 2.64.